The van der Waals surface area contributed by atoms with Gasteiger partial charge in [0.25, 0.3) is 0 Å². The summed E-state index contributed by atoms with van der Waals surface area (Å²) in [6, 6.07) is 0. The maximum absolute atomic E-state index is 13.4. The molecule has 10 heteroatoms. The van der Waals surface area contributed by atoms with Crippen LogP contribution in [-0.2, 0) is 36.8 Å². The molecule has 0 aliphatic carbocycles. The first-order valence-corrected chi connectivity index (χ1v) is 12.0. The van der Waals surface area contributed by atoms with Crippen LogP contribution in [0.15, 0.2) is 11.9 Å². The zero-order valence-electron chi connectivity index (χ0n) is 16.1. The van der Waals surface area contributed by atoms with Crippen LogP contribution >= 0.6 is 15.2 Å². The molecule has 0 saturated carbocycles. The van der Waals surface area contributed by atoms with E-state index in [-0.39, 0.29) is 39.3 Å². The third kappa shape index (κ3) is 5.28. The lowest BCUT2D eigenvalue weighted by molar-refractivity contribution is -0.143. The van der Waals surface area contributed by atoms with Gasteiger partial charge in [0.2, 0.25) is 0 Å². The predicted octanol–water partition coefficient (Wildman–Crippen LogP) is 4.50. The quantitative estimate of drug-likeness (QED) is 0.341. The summed E-state index contributed by atoms with van der Waals surface area (Å²) in [5, 5.41) is -1.47. The van der Waals surface area contributed by atoms with Crippen molar-refractivity contribution in [1.29, 1.82) is 0 Å². The first-order valence-electron chi connectivity index (χ1n) is 8.89. The van der Waals surface area contributed by atoms with Gasteiger partial charge < -0.3 is 22.8 Å². The molecule has 1 saturated heterocycles. The van der Waals surface area contributed by atoms with Crippen LogP contribution in [0.25, 0.3) is 0 Å². The number of esters is 1. The Hall–Kier alpha value is -0.490. The third-order valence-electron chi connectivity index (χ3n) is 3.80. The Labute approximate surface area is 155 Å². The molecule has 0 spiro atoms. The van der Waals surface area contributed by atoms with Crippen molar-refractivity contribution in [2.24, 2.45) is 0 Å². The van der Waals surface area contributed by atoms with Crippen molar-refractivity contribution in [3.63, 3.8) is 0 Å². The second-order valence-electron chi connectivity index (χ2n) is 5.75. The van der Waals surface area contributed by atoms with Crippen LogP contribution < -0.4 is 0 Å². The number of cyclic esters (lactones) is 1. The Morgan fingerprint density at radius 3 is 1.92 bits per heavy atom. The van der Waals surface area contributed by atoms with E-state index in [0.717, 1.165) is 0 Å². The molecule has 0 aromatic rings. The van der Waals surface area contributed by atoms with Gasteiger partial charge in [0, 0.05) is 12.2 Å². The fourth-order valence-corrected chi connectivity index (χ4v) is 6.54. The highest BCUT2D eigenvalue weighted by Gasteiger charge is 2.61. The Morgan fingerprint density at radius 2 is 1.54 bits per heavy atom. The van der Waals surface area contributed by atoms with Crippen molar-refractivity contribution in [3.8, 4) is 0 Å². The Morgan fingerprint density at radius 1 is 1.04 bits per heavy atom. The van der Waals surface area contributed by atoms with Crippen LogP contribution in [0.4, 0.5) is 0 Å². The molecule has 0 aromatic carbocycles. The van der Waals surface area contributed by atoms with Crippen LogP contribution in [0.3, 0.4) is 0 Å². The van der Waals surface area contributed by atoms with E-state index >= 15 is 0 Å². The fourth-order valence-electron chi connectivity index (χ4n) is 2.88. The van der Waals surface area contributed by atoms with Crippen molar-refractivity contribution >= 4 is 21.2 Å². The molecule has 2 atom stereocenters. The molecule has 152 valence electrons. The maximum atomic E-state index is 13.4. The molecular formula is C16H30O8P2. The van der Waals surface area contributed by atoms with Crippen molar-refractivity contribution < 1.29 is 36.8 Å². The summed E-state index contributed by atoms with van der Waals surface area (Å²) in [6.07, 6.45) is 1.23. The number of carbonyl (C=O) groups is 1. The monoisotopic (exact) mass is 412 g/mol. The molecule has 0 amide bonds. The van der Waals surface area contributed by atoms with E-state index in [0.29, 0.717) is 0 Å². The second kappa shape index (κ2) is 10.2. The van der Waals surface area contributed by atoms with E-state index in [1.54, 1.807) is 34.6 Å². The molecule has 0 aromatic heterocycles. The van der Waals surface area contributed by atoms with Crippen LogP contribution in [-0.4, -0.2) is 43.7 Å². The van der Waals surface area contributed by atoms with Gasteiger partial charge in [0.05, 0.1) is 26.4 Å². The van der Waals surface area contributed by atoms with Crippen LogP contribution in [0.1, 0.15) is 47.5 Å². The number of hydrogen-bond donors (Lipinski definition) is 0. The lowest BCUT2D eigenvalue weighted by atomic mass is 10.0. The molecule has 1 aliphatic heterocycles. The van der Waals surface area contributed by atoms with Crippen LogP contribution in [0.5, 0.6) is 0 Å². The summed E-state index contributed by atoms with van der Waals surface area (Å²) in [5.41, 5.74) is 0. The van der Waals surface area contributed by atoms with Gasteiger partial charge in [-0.05, 0) is 41.0 Å². The minimum atomic E-state index is -3.80. The SMILES string of the molecule is CCOP(=O)(/C=C/CC1(P(=O)(OCC)OCC)CC(C)OC1=O)OCC. The molecule has 0 radical (unpaired) electrons. The Bertz CT molecular complexity index is 571. The summed E-state index contributed by atoms with van der Waals surface area (Å²) in [5.74, 6) is 0.655. The third-order valence-corrected chi connectivity index (χ3v) is 8.40. The van der Waals surface area contributed by atoms with Crippen LogP contribution in [0.2, 0.25) is 0 Å². The predicted molar refractivity (Wildman–Crippen MR) is 98.4 cm³/mol. The number of carbonyl (C=O) groups excluding carboxylic acids is 1. The molecule has 1 aliphatic rings. The minimum absolute atomic E-state index is 0.0163. The first-order chi connectivity index (χ1) is 12.2. The molecule has 8 nitrogen and oxygen atoms in total. The standard InChI is InChI=1S/C16H30O8P2/c1-6-20-25(18,21-7-2)12-10-11-16(13-14(5)24-15(16)17)26(19,22-8-3)23-9-4/h10,12,14H,6-9,11,13H2,1-5H3/b12-10+. The van der Waals surface area contributed by atoms with E-state index in [1.807, 2.05) is 0 Å². The summed E-state index contributed by atoms with van der Waals surface area (Å²) in [6.45, 7) is 9.16. The first kappa shape index (κ1) is 23.5. The van der Waals surface area contributed by atoms with Gasteiger partial charge in [0.1, 0.15) is 6.10 Å². The van der Waals surface area contributed by atoms with Crippen molar-refractivity contribution in [3.05, 3.63) is 11.9 Å². The van der Waals surface area contributed by atoms with Gasteiger partial charge in [-0.25, -0.2) is 0 Å². The fraction of sp³-hybridized carbons (Fsp3) is 0.812. The average molecular weight is 412 g/mol. The van der Waals surface area contributed by atoms with Gasteiger partial charge in [-0.3, -0.25) is 13.9 Å². The van der Waals surface area contributed by atoms with E-state index in [4.69, 9.17) is 22.8 Å². The van der Waals surface area contributed by atoms with Gasteiger partial charge >= 0.3 is 21.2 Å². The second-order valence-corrected chi connectivity index (χ2v) is 10.0. The van der Waals surface area contributed by atoms with E-state index < -0.39 is 32.4 Å². The van der Waals surface area contributed by atoms with Crippen molar-refractivity contribution in [1.82, 2.24) is 0 Å². The zero-order chi connectivity index (χ0) is 19.8. The highest BCUT2D eigenvalue weighted by molar-refractivity contribution is 7.57. The molecular weight excluding hydrogens is 382 g/mol. The number of ether oxygens (including phenoxy) is 1. The lowest BCUT2D eigenvalue weighted by Gasteiger charge is -2.31. The highest BCUT2D eigenvalue weighted by Crippen LogP contribution is 2.66. The number of rotatable bonds is 12. The smallest absolute Gasteiger partial charge is 0.353 e. The zero-order valence-corrected chi connectivity index (χ0v) is 17.9. The average Bonchev–Trinajstić information content (AvgIpc) is 2.83. The van der Waals surface area contributed by atoms with Crippen LogP contribution in [0, 0.1) is 0 Å². The van der Waals surface area contributed by atoms with E-state index in [2.05, 4.69) is 0 Å². The summed E-state index contributed by atoms with van der Waals surface area (Å²) < 4.78 is 52.4. The summed E-state index contributed by atoms with van der Waals surface area (Å²) in [4.78, 5) is 12.6. The Balaban J connectivity index is 3.20. The van der Waals surface area contributed by atoms with Gasteiger partial charge in [-0.1, -0.05) is 6.08 Å². The molecule has 2 unspecified atom stereocenters. The summed E-state index contributed by atoms with van der Waals surface area (Å²) in [7, 11) is -7.23. The largest absolute Gasteiger partial charge is 0.462 e. The molecule has 26 heavy (non-hydrogen) atoms. The Kier molecular flexibility index (Phi) is 9.21. The molecule has 0 bridgehead atoms. The van der Waals surface area contributed by atoms with Crippen molar-refractivity contribution in [2.45, 2.75) is 58.7 Å². The molecule has 1 heterocycles. The minimum Gasteiger partial charge on any atom is -0.462 e. The van der Waals surface area contributed by atoms with Gasteiger partial charge in [-0.2, -0.15) is 0 Å². The van der Waals surface area contributed by atoms with E-state index in [1.165, 1.54) is 11.9 Å². The highest BCUT2D eigenvalue weighted by atomic mass is 31.2. The van der Waals surface area contributed by atoms with Crippen molar-refractivity contribution in [2.75, 3.05) is 26.4 Å². The van der Waals surface area contributed by atoms with Gasteiger partial charge in [0.15, 0.2) is 5.16 Å². The molecule has 1 rings (SSSR count). The van der Waals surface area contributed by atoms with E-state index in [9.17, 15) is 13.9 Å². The summed E-state index contributed by atoms with van der Waals surface area (Å²) >= 11 is 0. The molecule has 1 fully saturated rings. The lowest BCUT2D eigenvalue weighted by Crippen LogP contribution is -2.35. The van der Waals surface area contributed by atoms with Gasteiger partial charge in [-0.15, -0.1) is 0 Å². The normalized spacial score (nSPS) is 24.3. The number of hydrogen-bond acceptors (Lipinski definition) is 8. The number of allylic oxidation sites excluding steroid dienone is 1. The maximum Gasteiger partial charge on any atom is 0.353 e. The molecule has 0 N–H and O–H groups in total. The topological polar surface area (TPSA) is 97.4 Å².